The molecule has 0 spiro atoms. The van der Waals surface area contributed by atoms with Crippen LogP contribution in [0.3, 0.4) is 0 Å². The average Bonchev–Trinajstić information content (AvgIpc) is 3.50. The molecule has 4 aliphatic carbocycles. The van der Waals surface area contributed by atoms with Crippen LogP contribution in [0.2, 0.25) is 0 Å². The lowest BCUT2D eigenvalue weighted by atomic mass is 9.76. The first-order valence-electron chi connectivity index (χ1n) is 20.9. The fraction of sp³-hybridized carbons (Fsp3) is 0.321. The summed E-state index contributed by atoms with van der Waals surface area (Å²) in [5.41, 5.74) is 12.0. The van der Waals surface area contributed by atoms with Gasteiger partial charge in [-0.1, -0.05) is 141 Å². The molecular formula is C53H52O4. The summed E-state index contributed by atoms with van der Waals surface area (Å²) in [6, 6.07) is 24.4. The minimum Gasteiger partial charge on any atom is -0.342 e. The maximum absolute atomic E-state index is 6.97. The first kappa shape index (κ1) is 36.5. The van der Waals surface area contributed by atoms with Gasteiger partial charge < -0.3 is 18.9 Å². The van der Waals surface area contributed by atoms with E-state index in [2.05, 4.69) is 161 Å². The van der Waals surface area contributed by atoms with E-state index in [9.17, 15) is 0 Å². The van der Waals surface area contributed by atoms with Crippen LogP contribution < -0.4 is 0 Å². The Labute approximate surface area is 337 Å². The third-order valence-corrected chi connectivity index (χ3v) is 12.9. The van der Waals surface area contributed by atoms with Crippen molar-refractivity contribution in [1.29, 1.82) is 0 Å². The van der Waals surface area contributed by atoms with Gasteiger partial charge in [0.1, 0.15) is 0 Å². The molecule has 6 aliphatic rings. The summed E-state index contributed by atoms with van der Waals surface area (Å²) < 4.78 is 27.9. The average molecular weight is 753 g/mol. The van der Waals surface area contributed by atoms with Gasteiger partial charge in [0, 0.05) is 28.4 Å². The number of benzene rings is 4. The van der Waals surface area contributed by atoms with E-state index in [0.29, 0.717) is 32.3 Å². The molecule has 2 atom stereocenters. The van der Waals surface area contributed by atoms with Crippen molar-refractivity contribution in [3.05, 3.63) is 184 Å². The van der Waals surface area contributed by atoms with Crippen LogP contribution in [0.1, 0.15) is 67.3 Å². The number of rotatable bonds is 5. The quantitative estimate of drug-likeness (QED) is 0.203. The normalized spacial score (nSPS) is 24.7. The Morgan fingerprint density at radius 3 is 1.93 bits per heavy atom. The molecule has 4 heteroatoms. The van der Waals surface area contributed by atoms with E-state index < -0.39 is 11.6 Å². The number of hydrogen-bond acceptors (Lipinski definition) is 4. The van der Waals surface area contributed by atoms with Crippen LogP contribution >= 0.6 is 0 Å². The van der Waals surface area contributed by atoms with Crippen molar-refractivity contribution in [2.75, 3.05) is 26.4 Å². The Balaban J connectivity index is 1.05. The zero-order valence-corrected chi connectivity index (χ0v) is 33.6. The standard InChI is InChI=1S/C53H52O4/c1-35-15-17-38-12-7-8-14-47(38)49(35)53(56-33-51(3,4)34-57-53)46-26-24-42-29-41(21-22-43(42)31-46)44-20-19-39-18-16-36(2)50(48(39)32-44)52(54-27-9-10-28-55-52)45-25-23-37-11-5-6-13-40(37)30-45/h5-8,11-26,29,32,40,43H,9-10,27-28,30-31,33-34H2,1-4H3. The molecule has 0 saturated carbocycles. The second kappa shape index (κ2) is 14.2. The SMILES string of the molecule is Cc1ccc2ccc(C3=CC4=CC=C(C5(c6c(C)ccc7ccccc67)OCC(C)(C)CO5)CC4C=C3)cc2c1C1(C2=CC=C3C=CC=CC3C2)OCCCCO1. The maximum Gasteiger partial charge on any atom is 0.219 e. The largest absolute Gasteiger partial charge is 0.342 e. The molecule has 4 nitrogen and oxygen atoms in total. The Bertz CT molecular complexity index is 2530. The predicted molar refractivity (Wildman–Crippen MR) is 231 cm³/mol. The van der Waals surface area contributed by atoms with Gasteiger partial charge >= 0.3 is 0 Å². The maximum atomic E-state index is 6.97. The monoisotopic (exact) mass is 752 g/mol. The molecule has 2 heterocycles. The van der Waals surface area contributed by atoms with E-state index in [-0.39, 0.29) is 11.3 Å². The molecule has 0 N–H and O–H groups in total. The molecule has 10 rings (SSSR count). The van der Waals surface area contributed by atoms with Gasteiger partial charge in [0.25, 0.3) is 0 Å². The van der Waals surface area contributed by atoms with E-state index in [1.807, 2.05) is 0 Å². The molecule has 0 aromatic heterocycles. The van der Waals surface area contributed by atoms with Crippen molar-refractivity contribution in [1.82, 2.24) is 0 Å². The molecule has 0 amide bonds. The minimum atomic E-state index is -0.944. The summed E-state index contributed by atoms with van der Waals surface area (Å²) in [4.78, 5) is 0. The van der Waals surface area contributed by atoms with E-state index in [1.165, 1.54) is 66.1 Å². The molecule has 0 bridgehead atoms. The molecule has 4 aromatic rings. The van der Waals surface area contributed by atoms with Crippen LogP contribution in [-0.4, -0.2) is 26.4 Å². The van der Waals surface area contributed by atoms with Crippen LogP contribution in [0.5, 0.6) is 0 Å². The fourth-order valence-corrected chi connectivity index (χ4v) is 9.86. The van der Waals surface area contributed by atoms with Gasteiger partial charge in [-0.05, 0) is 112 Å². The molecule has 0 radical (unpaired) electrons. The van der Waals surface area contributed by atoms with Crippen molar-refractivity contribution in [2.45, 2.75) is 65.0 Å². The Kier molecular flexibility index (Phi) is 9.10. The van der Waals surface area contributed by atoms with Crippen molar-refractivity contribution >= 4 is 27.1 Å². The minimum absolute atomic E-state index is 0.0643. The van der Waals surface area contributed by atoms with Crippen molar-refractivity contribution < 1.29 is 18.9 Å². The summed E-state index contributed by atoms with van der Waals surface area (Å²) in [6.45, 7) is 11.4. The number of allylic oxidation sites excluding steroid dienone is 14. The highest BCUT2D eigenvalue weighted by Crippen LogP contribution is 2.51. The van der Waals surface area contributed by atoms with Crippen LogP contribution in [0.15, 0.2) is 156 Å². The van der Waals surface area contributed by atoms with Gasteiger partial charge in [-0.15, -0.1) is 0 Å². The van der Waals surface area contributed by atoms with Crippen LogP contribution in [0, 0.1) is 31.1 Å². The lowest BCUT2D eigenvalue weighted by Gasteiger charge is -2.47. The van der Waals surface area contributed by atoms with E-state index in [0.717, 1.165) is 36.8 Å². The molecular weight excluding hydrogens is 701 g/mol. The number of hydrogen-bond donors (Lipinski definition) is 0. The Morgan fingerprint density at radius 1 is 0.579 bits per heavy atom. The fourth-order valence-electron chi connectivity index (χ4n) is 9.86. The molecule has 288 valence electrons. The summed E-state index contributed by atoms with van der Waals surface area (Å²) in [5, 5.41) is 4.76. The van der Waals surface area contributed by atoms with Gasteiger partial charge in [-0.25, -0.2) is 0 Å². The Hall–Kier alpha value is -4.84. The number of ether oxygens (including phenoxy) is 4. The molecule has 2 fully saturated rings. The van der Waals surface area contributed by atoms with Gasteiger partial charge in [-0.2, -0.15) is 0 Å². The van der Waals surface area contributed by atoms with Crippen LogP contribution in [0.25, 0.3) is 27.1 Å². The van der Waals surface area contributed by atoms with E-state index in [1.54, 1.807) is 0 Å². The molecule has 2 aliphatic heterocycles. The second-order valence-corrected chi connectivity index (χ2v) is 17.6. The third-order valence-electron chi connectivity index (χ3n) is 12.9. The van der Waals surface area contributed by atoms with Crippen molar-refractivity contribution in [3.63, 3.8) is 0 Å². The first-order chi connectivity index (χ1) is 27.7. The lowest BCUT2D eigenvalue weighted by Crippen LogP contribution is -2.47. The van der Waals surface area contributed by atoms with Gasteiger partial charge in [0.2, 0.25) is 11.6 Å². The molecule has 2 unspecified atom stereocenters. The van der Waals surface area contributed by atoms with E-state index >= 15 is 0 Å². The number of aryl methyl sites for hydroxylation is 2. The van der Waals surface area contributed by atoms with Gasteiger partial charge in [0.05, 0.1) is 26.4 Å². The summed E-state index contributed by atoms with van der Waals surface area (Å²) >= 11 is 0. The first-order valence-corrected chi connectivity index (χ1v) is 20.9. The number of fused-ring (bicyclic) bond motifs is 4. The van der Waals surface area contributed by atoms with Gasteiger partial charge in [0.15, 0.2) is 0 Å². The highest BCUT2D eigenvalue weighted by molar-refractivity contribution is 5.93. The zero-order valence-electron chi connectivity index (χ0n) is 33.6. The summed E-state index contributed by atoms with van der Waals surface area (Å²) in [7, 11) is 0. The molecule has 2 saturated heterocycles. The van der Waals surface area contributed by atoms with Gasteiger partial charge in [-0.3, -0.25) is 0 Å². The molecule has 4 aromatic carbocycles. The van der Waals surface area contributed by atoms with Crippen molar-refractivity contribution in [3.8, 4) is 0 Å². The molecule has 57 heavy (non-hydrogen) atoms. The van der Waals surface area contributed by atoms with E-state index in [4.69, 9.17) is 18.9 Å². The second-order valence-electron chi connectivity index (χ2n) is 17.6. The smallest absolute Gasteiger partial charge is 0.219 e. The van der Waals surface area contributed by atoms with Crippen LogP contribution in [0.4, 0.5) is 0 Å². The zero-order chi connectivity index (χ0) is 38.8. The van der Waals surface area contributed by atoms with Crippen LogP contribution in [-0.2, 0) is 30.5 Å². The Morgan fingerprint density at radius 2 is 1.19 bits per heavy atom. The topological polar surface area (TPSA) is 36.9 Å². The third kappa shape index (κ3) is 6.29. The predicted octanol–water partition coefficient (Wildman–Crippen LogP) is 12.3. The lowest BCUT2D eigenvalue weighted by molar-refractivity contribution is -0.287. The highest BCUT2D eigenvalue weighted by Gasteiger charge is 2.48. The van der Waals surface area contributed by atoms with Crippen molar-refractivity contribution in [2.24, 2.45) is 17.3 Å². The summed E-state index contributed by atoms with van der Waals surface area (Å²) in [5.74, 6) is -1.34. The highest BCUT2D eigenvalue weighted by atomic mass is 16.7. The summed E-state index contributed by atoms with van der Waals surface area (Å²) in [6.07, 6.45) is 28.7.